The third-order valence-corrected chi connectivity index (χ3v) is 8.35. The third kappa shape index (κ3) is 19.9. The van der Waals surface area contributed by atoms with Gasteiger partial charge in [0.1, 0.15) is 12.4 Å². The number of hydrogen-bond donors (Lipinski definition) is 0. The standard InChI is InChI=1S/C35H69N2/c1-4-7-10-12-14-16-18-20-22-24-26-28-30-35-36(31-9-6-3)33-34-37(35)32-29-27-25-23-21-19-17-15-13-11-8-5-2/h33-34H,4-32H2,1-3H3/q+1. The molecule has 1 rings (SSSR count). The van der Waals surface area contributed by atoms with E-state index in [4.69, 9.17) is 0 Å². The Balaban J connectivity index is 2.15. The molecule has 0 atom stereocenters. The molecule has 0 fully saturated rings. The SMILES string of the molecule is CCCCCCCCCCCCCCc1n(CCCC)cc[n+]1CCCCCCCCCCCCCC. The van der Waals surface area contributed by atoms with Crippen LogP contribution >= 0.6 is 0 Å². The van der Waals surface area contributed by atoms with E-state index in [0.717, 1.165) is 0 Å². The molecule has 0 unspecified atom stereocenters. The lowest BCUT2D eigenvalue weighted by atomic mass is 10.0. The van der Waals surface area contributed by atoms with E-state index >= 15 is 0 Å². The summed E-state index contributed by atoms with van der Waals surface area (Å²) in [6, 6.07) is 0. The Morgan fingerprint density at radius 2 is 0.838 bits per heavy atom. The van der Waals surface area contributed by atoms with Crippen molar-refractivity contribution in [3.8, 4) is 0 Å². The fraction of sp³-hybridized carbons (Fsp3) is 0.914. The summed E-state index contributed by atoms with van der Waals surface area (Å²) < 4.78 is 5.17. The summed E-state index contributed by atoms with van der Waals surface area (Å²) >= 11 is 0. The van der Waals surface area contributed by atoms with Crippen molar-refractivity contribution in [3.05, 3.63) is 18.2 Å². The molecule has 1 heterocycles. The fourth-order valence-corrected chi connectivity index (χ4v) is 5.77. The van der Waals surface area contributed by atoms with Crippen LogP contribution < -0.4 is 4.57 Å². The average Bonchev–Trinajstić information content (AvgIpc) is 3.29. The van der Waals surface area contributed by atoms with Crippen molar-refractivity contribution >= 4 is 0 Å². The molecular weight excluding hydrogens is 448 g/mol. The summed E-state index contributed by atoms with van der Waals surface area (Å²) in [4.78, 5) is 0. The van der Waals surface area contributed by atoms with Gasteiger partial charge >= 0.3 is 0 Å². The molecule has 0 bridgehead atoms. The number of nitrogens with zero attached hydrogens (tertiary/aromatic N) is 2. The highest BCUT2D eigenvalue weighted by molar-refractivity contribution is 4.84. The Hall–Kier alpha value is -0.790. The zero-order valence-electron chi connectivity index (χ0n) is 26.1. The largest absolute Gasteiger partial charge is 0.256 e. The van der Waals surface area contributed by atoms with Gasteiger partial charge in [-0.15, -0.1) is 0 Å². The minimum Gasteiger partial charge on any atom is -0.234 e. The molecule has 0 amide bonds. The molecule has 2 nitrogen and oxygen atoms in total. The van der Waals surface area contributed by atoms with E-state index in [1.54, 1.807) is 5.82 Å². The summed E-state index contributed by atoms with van der Waals surface area (Å²) in [5, 5.41) is 0. The highest BCUT2D eigenvalue weighted by atomic mass is 15.1. The second-order valence-corrected chi connectivity index (χ2v) is 12.0. The van der Waals surface area contributed by atoms with E-state index in [0.29, 0.717) is 0 Å². The van der Waals surface area contributed by atoms with E-state index in [-0.39, 0.29) is 0 Å². The topological polar surface area (TPSA) is 8.81 Å². The van der Waals surface area contributed by atoms with Crippen LogP contribution in [0.25, 0.3) is 0 Å². The predicted molar refractivity (Wildman–Crippen MR) is 165 cm³/mol. The summed E-state index contributed by atoms with van der Waals surface area (Å²) in [6.07, 6.45) is 43.0. The number of imidazole rings is 1. The summed E-state index contributed by atoms with van der Waals surface area (Å²) in [6.45, 7) is 9.36. The van der Waals surface area contributed by atoms with E-state index in [1.807, 2.05) is 0 Å². The molecule has 218 valence electrons. The Morgan fingerprint density at radius 1 is 0.459 bits per heavy atom. The molecule has 0 aliphatic carbocycles. The zero-order chi connectivity index (χ0) is 26.7. The van der Waals surface area contributed by atoms with Gasteiger partial charge in [0, 0.05) is 6.42 Å². The van der Waals surface area contributed by atoms with Crippen LogP contribution in [0, 0.1) is 0 Å². The predicted octanol–water partition coefficient (Wildman–Crippen LogP) is 11.5. The maximum atomic E-state index is 2.60. The minimum atomic E-state index is 1.20. The number of unbranched alkanes of at least 4 members (excludes halogenated alkanes) is 23. The first-order valence-electron chi connectivity index (χ1n) is 17.4. The number of hydrogen-bond acceptors (Lipinski definition) is 0. The number of aromatic nitrogens is 2. The third-order valence-electron chi connectivity index (χ3n) is 8.35. The van der Waals surface area contributed by atoms with Crippen LogP contribution in [-0.4, -0.2) is 4.57 Å². The van der Waals surface area contributed by atoms with Gasteiger partial charge in [0.05, 0.1) is 13.1 Å². The molecule has 1 aromatic heterocycles. The van der Waals surface area contributed by atoms with Gasteiger partial charge < -0.3 is 0 Å². The van der Waals surface area contributed by atoms with Crippen LogP contribution in [0.2, 0.25) is 0 Å². The molecule has 1 aromatic rings. The number of rotatable bonds is 29. The van der Waals surface area contributed by atoms with Gasteiger partial charge in [0.15, 0.2) is 0 Å². The molecule has 0 saturated carbocycles. The van der Waals surface area contributed by atoms with Gasteiger partial charge in [-0.1, -0.05) is 162 Å². The van der Waals surface area contributed by atoms with Crippen molar-refractivity contribution in [2.24, 2.45) is 0 Å². The lowest BCUT2D eigenvalue weighted by Gasteiger charge is -2.07. The normalized spacial score (nSPS) is 11.5. The van der Waals surface area contributed by atoms with Crippen molar-refractivity contribution in [2.75, 3.05) is 0 Å². The van der Waals surface area contributed by atoms with Gasteiger partial charge in [-0.2, -0.15) is 0 Å². The van der Waals surface area contributed by atoms with Crippen LogP contribution in [0.1, 0.15) is 194 Å². The molecule has 0 aliphatic heterocycles. The first kappa shape index (κ1) is 34.2. The van der Waals surface area contributed by atoms with E-state index in [1.165, 1.54) is 186 Å². The van der Waals surface area contributed by atoms with Gasteiger partial charge in [0.25, 0.3) is 5.82 Å². The van der Waals surface area contributed by atoms with Gasteiger partial charge in [-0.3, -0.25) is 0 Å². The van der Waals surface area contributed by atoms with Gasteiger partial charge in [-0.05, 0) is 25.7 Å². The smallest absolute Gasteiger partial charge is 0.234 e. The zero-order valence-corrected chi connectivity index (χ0v) is 26.1. The van der Waals surface area contributed by atoms with Crippen LogP contribution in [-0.2, 0) is 19.5 Å². The second kappa shape index (κ2) is 26.8. The second-order valence-electron chi connectivity index (χ2n) is 12.0. The molecule has 0 spiro atoms. The highest BCUT2D eigenvalue weighted by Gasteiger charge is 2.16. The van der Waals surface area contributed by atoms with Crippen molar-refractivity contribution in [1.82, 2.24) is 4.57 Å². The highest BCUT2D eigenvalue weighted by Crippen LogP contribution is 2.14. The van der Waals surface area contributed by atoms with Crippen molar-refractivity contribution < 1.29 is 4.57 Å². The maximum absolute atomic E-state index is 2.60. The summed E-state index contributed by atoms with van der Waals surface area (Å²) in [7, 11) is 0. The van der Waals surface area contributed by atoms with E-state index in [2.05, 4.69) is 42.3 Å². The van der Waals surface area contributed by atoms with Crippen LogP contribution in [0.5, 0.6) is 0 Å². The Morgan fingerprint density at radius 3 is 1.27 bits per heavy atom. The molecular formula is C35H69N2+. The lowest BCUT2D eigenvalue weighted by Crippen LogP contribution is -2.37. The van der Waals surface area contributed by atoms with Crippen molar-refractivity contribution in [3.63, 3.8) is 0 Å². The van der Waals surface area contributed by atoms with E-state index in [9.17, 15) is 0 Å². The quantitative estimate of drug-likeness (QED) is 0.0737. The Kier molecular flexibility index (Phi) is 24.8. The molecule has 0 saturated heterocycles. The van der Waals surface area contributed by atoms with Crippen LogP contribution in [0.3, 0.4) is 0 Å². The molecule has 0 N–H and O–H groups in total. The molecule has 0 radical (unpaired) electrons. The van der Waals surface area contributed by atoms with E-state index < -0.39 is 0 Å². The molecule has 37 heavy (non-hydrogen) atoms. The summed E-state index contributed by atoms with van der Waals surface area (Å²) in [5.74, 6) is 1.60. The van der Waals surface area contributed by atoms with Gasteiger partial charge in [-0.25, -0.2) is 9.13 Å². The monoisotopic (exact) mass is 518 g/mol. The Bertz CT molecular complexity index is 576. The Labute approximate surface area is 234 Å². The fourth-order valence-electron chi connectivity index (χ4n) is 5.77. The summed E-state index contributed by atoms with van der Waals surface area (Å²) in [5.41, 5.74) is 0. The van der Waals surface area contributed by atoms with Crippen molar-refractivity contribution in [2.45, 2.75) is 207 Å². The van der Waals surface area contributed by atoms with Crippen molar-refractivity contribution in [1.29, 1.82) is 0 Å². The lowest BCUT2D eigenvalue weighted by molar-refractivity contribution is -0.704. The van der Waals surface area contributed by atoms with Crippen LogP contribution in [0.15, 0.2) is 12.4 Å². The average molecular weight is 518 g/mol. The molecule has 0 aromatic carbocycles. The molecule has 0 aliphatic rings. The maximum Gasteiger partial charge on any atom is 0.256 e. The first-order chi connectivity index (χ1) is 18.3. The van der Waals surface area contributed by atoms with Crippen LogP contribution in [0.4, 0.5) is 0 Å². The van der Waals surface area contributed by atoms with Gasteiger partial charge in [0.2, 0.25) is 0 Å². The molecule has 2 heteroatoms. The first-order valence-corrected chi connectivity index (χ1v) is 17.4. The number of aryl methyl sites for hydroxylation is 2. The minimum absolute atomic E-state index is 1.20.